The second-order valence-corrected chi connectivity index (χ2v) is 4.07. The Bertz CT molecular complexity index is 439. The maximum Gasteiger partial charge on any atom is 0.240 e. The van der Waals surface area contributed by atoms with E-state index in [-0.39, 0.29) is 17.2 Å². The van der Waals surface area contributed by atoms with Crippen molar-refractivity contribution in [1.29, 1.82) is 0 Å². The lowest BCUT2D eigenvalue weighted by Gasteiger charge is -2.22. The predicted octanol–water partition coefficient (Wildman–Crippen LogP) is 0.0208. The molecule has 17 heavy (non-hydrogen) atoms. The molecule has 3 N–H and O–H groups in total. The Morgan fingerprint density at radius 3 is 2.94 bits per heavy atom. The van der Waals surface area contributed by atoms with Crippen LogP contribution in [0.3, 0.4) is 0 Å². The zero-order valence-electron chi connectivity index (χ0n) is 9.35. The minimum atomic E-state index is -0.370. The number of anilines is 2. The number of halogens is 1. The fourth-order valence-corrected chi connectivity index (χ4v) is 2.04. The van der Waals surface area contributed by atoms with Gasteiger partial charge in [-0.15, -0.1) is 0 Å². The molecule has 0 spiro atoms. The van der Waals surface area contributed by atoms with Gasteiger partial charge in [0.2, 0.25) is 23.1 Å². The zero-order chi connectivity index (χ0) is 12.4. The maximum absolute atomic E-state index is 11.3. The van der Waals surface area contributed by atoms with Crippen LogP contribution in [-0.4, -0.2) is 40.5 Å². The van der Waals surface area contributed by atoms with E-state index in [0.717, 1.165) is 6.42 Å². The van der Waals surface area contributed by atoms with Crippen LogP contribution in [0.2, 0.25) is 5.28 Å². The van der Waals surface area contributed by atoms with Crippen LogP contribution in [0.1, 0.15) is 12.8 Å². The number of hydrogen-bond acceptors (Lipinski definition) is 6. The number of aromatic nitrogens is 3. The van der Waals surface area contributed by atoms with Crippen LogP contribution in [-0.2, 0) is 4.79 Å². The van der Waals surface area contributed by atoms with Gasteiger partial charge < -0.3 is 16.0 Å². The van der Waals surface area contributed by atoms with Crippen molar-refractivity contribution >= 4 is 29.4 Å². The predicted molar refractivity (Wildman–Crippen MR) is 63.9 cm³/mol. The number of nitrogens with two attached hydrogens (primary N) is 1. The van der Waals surface area contributed by atoms with Crippen molar-refractivity contribution < 1.29 is 4.79 Å². The molecule has 92 valence electrons. The molecule has 0 bridgehead atoms. The van der Waals surface area contributed by atoms with Gasteiger partial charge in [0.15, 0.2) is 0 Å². The van der Waals surface area contributed by atoms with Crippen LogP contribution >= 0.6 is 11.6 Å². The van der Waals surface area contributed by atoms with Gasteiger partial charge in [0, 0.05) is 13.6 Å². The first-order chi connectivity index (χ1) is 8.11. The van der Waals surface area contributed by atoms with Gasteiger partial charge in [0.05, 0.1) is 0 Å². The SMILES string of the molecule is CNc1nc(Cl)nc(N2CCCC2C(N)=O)n1. The van der Waals surface area contributed by atoms with Gasteiger partial charge in [-0.3, -0.25) is 4.79 Å². The van der Waals surface area contributed by atoms with Gasteiger partial charge in [-0.1, -0.05) is 0 Å². The minimum Gasteiger partial charge on any atom is -0.368 e. The minimum absolute atomic E-state index is 0.0921. The van der Waals surface area contributed by atoms with E-state index in [0.29, 0.717) is 24.9 Å². The van der Waals surface area contributed by atoms with Crippen molar-refractivity contribution in [2.75, 3.05) is 23.8 Å². The molecular weight excluding hydrogens is 244 g/mol. The molecule has 7 nitrogen and oxygen atoms in total. The summed E-state index contributed by atoms with van der Waals surface area (Å²) in [5.41, 5.74) is 5.33. The van der Waals surface area contributed by atoms with Crippen molar-refractivity contribution in [3.63, 3.8) is 0 Å². The Labute approximate surface area is 103 Å². The lowest BCUT2D eigenvalue weighted by molar-refractivity contribution is -0.119. The number of nitrogens with one attached hydrogen (secondary N) is 1. The maximum atomic E-state index is 11.3. The molecule has 1 unspecified atom stereocenters. The normalized spacial score (nSPS) is 19.4. The molecule has 1 aromatic heterocycles. The topological polar surface area (TPSA) is 97.0 Å². The molecule has 1 atom stereocenters. The second-order valence-electron chi connectivity index (χ2n) is 3.73. The van der Waals surface area contributed by atoms with E-state index >= 15 is 0 Å². The molecule has 0 radical (unpaired) electrons. The van der Waals surface area contributed by atoms with Crippen molar-refractivity contribution in [3.8, 4) is 0 Å². The molecule has 1 aromatic rings. The molecule has 2 rings (SSSR count). The highest BCUT2D eigenvalue weighted by atomic mass is 35.5. The number of primary amides is 1. The van der Waals surface area contributed by atoms with E-state index in [4.69, 9.17) is 17.3 Å². The highest BCUT2D eigenvalue weighted by Crippen LogP contribution is 2.23. The van der Waals surface area contributed by atoms with Crippen molar-refractivity contribution in [3.05, 3.63) is 5.28 Å². The first-order valence-electron chi connectivity index (χ1n) is 5.27. The third-order valence-electron chi connectivity index (χ3n) is 2.66. The van der Waals surface area contributed by atoms with Gasteiger partial charge >= 0.3 is 0 Å². The van der Waals surface area contributed by atoms with Crippen LogP contribution in [0.15, 0.2) is 0 Å². The van der Waals surface area contributed by atoms with Gasteiger partial charge in [-0.25, -0.2) is 0 Å². The summed E-state index contributed by atoms with van der Waals surface area (Å²) >= 11 is 5.79. The van der Waals surface area contributed by atoms with Gasteiger partial charge in [-0.05, 0) is 24.4 Å². The van der Waals surface area contributed by atoms with E-state index in [1.54, 1.807) is 11.9 Å². The summed E-state index contributed by atoms with van der Waals surface area (Å²) in [6.07, 6.45) is 1.60. The van der Waals surface area contributed by atoms with Crippen LogP contribution in [0.4, 0.5) is 11.9 Å². The summed E-state index contributed by atoms with van der Waals surface area (Å²) in [6.45, 7) is 0.692. The molecule has 1 amide bonds. The van der Waals surface area contributed by atoms with Crippen LogP contribution in [0.25, 0.3) is 0 Å². The lowest BCUT2D eigenvalue weighted by Crippen LogP contribution is -2.41. The molecule has 1 aliphatic heterocycles. The molecule has 0 aromatic carbocycles. The Morgan fingerprint density at radius 2 is 2.29 bits per heavy atom. The number of rotatable bonds is 3. The first-order valence-corrected chi connectivity index (χ1v) is 5.65. The third kappa shape index (κ3) is 2.38. The highest BCUT2D eigenvalue weighted by Gasteiger charge is 2.31. The number of carbonyl (C=O) groups is 1. The smallest absolute Gasteiger partial charge is 0.240 e. The monoisotopic (exact) mass is 256 g/mol. The van der Waals surface area contributed by atoms with Crippen LogP contribution in [0.5, 0.6) is 0 Å². The number of hydrogen-bond donors (Lipinski definition) is 2. The fourth-order valence-electron chi connectivity index (χ4n) is 1.88. The van der Waals surface area contributed by atoms with Gasteiger partial charge in [0.1, 0.15) is 6.04 Å². The zero-order valence-corrected chi connectivity index (χ0v) is 10.1. The number of carbonyl (C=O) groups excluding carboxylic acids is 1. The van der Waals surface area contributed by atoms with E-state index in [2.05, 4.69) is 20.3 Å². The Hall–Kier alpha value is -1.63. The third-order valence-corrected chi connectivity index (χ3v) is 2.83. The molecule has 1 fully saturated rings. The Morgan fingerprint density at radius 1 is 1.53 bits per heavy atom. The van der Waals surface area contributed by atoms with Crippen molar-refractivity contribution in [2.24, 2.45) is 5.73 Å². The standard InChI is InChI=1S/C9H13ClN6O/c1-12-8-13-7(10)14-9(15-8)16-4-2-3-5(16)6(11)17/h5H,2-4H2,1H3,(H2,11,17)(H,12,13,14,15). The largest absolute Gasteiger partial charge is 0.368 e. The number of nitrogens with zero attached hydrogens (tertiary/aromatic N) is 4. The second kappa shape index (κ2) is 4.70. The molecule has 1 saturated heterocycles. The summed E-state index contributed by atoms with van der Waals surface area (Å²) in [4.78, 5) is 25.1. The molecular formula is C9H13ClN6O. The average molecular weight is 257 g/mol. The van der Waals surface area contributed by atoms with Crippen molar-refractivity contribution in [1.82, 2.24) is 15.0 Å². The molecule has 8 heteroatoms. The van der Waals surface area contributed by atoms with E-state index < -0.39 is 0 Å². The number of amides is 1. The van der Waals surface area contributed by atoms with Gasteiger partial charge in [-0.2, -0.15) is 15.0 Å². The molecule has 1 aliphatic rings. The van der Waals surface area contributed by atoms with Crippen LogP contribution in [0, 0.1) is 0 Å². The first kappa shape index (κ1) is 11.8. The molecule has 0 saturated carbocycles. The summed E-state index contributed by atoms with van der Waals surface area (Å²) in [7, 11) is 1.69. The summed E-state index contributed by atoms with van der Waals surface area (Å²) in [6, 6.07) is -0.363. The average Bonchev–Trinajstić information content (AvgIpc) is 2.77. The quantitative estimate of drug-likeness (QED) is 0.791. The summed E-state index contributed by atoms with van der Waals surface area (Å²) < 4.78 is 0. The fraction of sp³-hybridized carbons (Fsp3) is 0.556. The van der Waals surface area contributed by atoms with Gasteiger partial charge in [0.25, 0.3) is 0 Å². The molecule has 2 heterocycles. The van der Waals surface area contributed by atoms with E-state index in [1.165, 1.54) is 0 Å². The highest BCUT2D eigenvalue weighted by molar-refractivity contribution is 6.28. The van der Waals surface area contributed by atoms with Crippen LogP contribution < -0.4 is 16.0 Å². The lowest BCUT2D eigenvalue weighted by atomic mass is 10.2. The summed E-state index contributed by atoms with van der Waals surface area (Å²) in [5, 5.41) is 2.88. The Balaban J connectivity index is 2.32. The van der Waals surface area contributed by atoms with E-state index in [9.17, 15) is 4.79 Å². The Kier molecular flexibility index (Phi) is 3.28. The molecule has 0 aliphatic carbocycles. The van der Waals surface area contributed by atoms with Crippen molar-refractivity contribution in [2.45, 2.75) is 18.9 Å². The summed E-state index contributed by atoms with van der Waals surface area (Å²) in [5.74, 6) is 0.385. The van der Waals surface area contributed by atoms with E-state index in [1.807, 2.05) is 0 Å².